The van der Waals surface area contributed by atoms with Gasteiger partial charge in [-0.2, -0.15) is 0 Å². The molecule has 0 unspecified atom stereocenters. The summed E-state index contributed by atoms with van der Waals surface area (Å²) in [4.78, 5) is 10.6. The summed E-state index contributed by atoms with van der Waals surface area (Å²) in [6, 6.07) is 0. The number of carboxylic acids is 1. The SMILES string of the molecule is CC1=CC[C@H](C(=O)O)CCC1. The molecule has 0 amide bonds. The number of rotatable bonds is 1. The van der Waals surface area contributed by atoms with Gasteiger partial charge in [0.15, 0.2) is 0 Å². The number of carbonyl (C=O) groups is 1. The van der Waals surface area contributed by atoms with Gasteiger partial charge in [0.05, 0.1) is 5.92 Å². The summed E-state index contributed by atoms with van der Waals surface area (Å²) in [6.45, 7) is 2.07. The van der Waals surface area contributed by atoms with E-state index in [1.54, 1.807) is 0 Å². The van der Waals surface area contributed by atoms with Gasteiger partial charge in [-0.1, -0.05) is 11.6 Å². The van der Waals surface area contributed by atoms with Crippen LogP contribution in [0, 0.1) is 5.92 Å². The largest absolute Gasteiger partial charge is 0.481 e. The third-order valence-electron chi connectivity index (χ3n) is 2.22. The van der Waals surface area contributed by atoms with Crippen LogP contribution in [0.3, 0.4) is 0 Å². The normalized spacial score (nSPS) is 25.5. The molecule has 0 heterocycles. The first kappa shape index (κ1) is 8.31. The summed E-state index contributed by atoms with van der Waals surface area (Å²) in [7, 11) is 0. The molecule has 11 heavy (non-hydrogen) atoms. The zero-order chi connectivity index (χ0) is 8.27. The third kappa shape index (κ3) is 2.37. The van der Waals surface area contributed by atoms with Gasteiger partial charge < -0.3 is 5.11 Å². The summed E-state index contributed by atoms with van der Waals surface area (Å²) in [6.07, 6.45) is 5.72. The molecule has 0 saturated carbocycles. The second kappa shape index (κ2) is 3.56. The van der Waals surface area contributed by atoms with Crippen LogP contribution in [0.15, 0.2) is 11.6 Å². The molecule has 0 aromatic rings. The zero-order valence-corrected chi connectivity index (χ0v) is 6.84. The number of allylic oxidation sites excluding steroid dienone is 2. The number of hydrogen-bond donors (Lipinski definition) is 1. The first-order valence-corrected chi connectivity index (χ1v) is 4.08. The van der Waals surface area contributed by atoms with Crippen LogP contribution in [0.4, 0.5) is 0 Å². The van der Waals surface area contributed by atoms with Crippen LogP contribution < -0.4 is 0 Å². The minimum absolute atomic E-state index is 0.132. The lowest BCUT2D eigenvalue weighted by Gasteiger charge is -2.04. The second-order valence-corrected chi connectivity index (χ2v) is 3.21. The Morgan fingerprint density at radius 3 is 3.09 bits per heavy atom. The molecule has 0 fully saturated rings. The molecule has 1 atom stereocenters. The standard InChI is InChI=1S/C9H14O2/c1-7-3-2-4-8(6-5-7)9(10)11/h5,8H,2-4,6H2,1H3,(H,10,11)/t8-/m1/s1. The number of aliphatic carboxylic acids is 1. The van der Waals surface area contributed by atoms with Crippen molar-refractivity contribution >= 4 is 5.97 Å². The maximum atomic E-state index is 10.6. The fraction of sp³-hybridized carbons (Fsp3) is 0.667. The van der Waals surface area contributed by atoms with E-state index in [9.17, 15) is 4.79 Å². The van der Waals surface area contributed by atoms with Crippen LogP contribution in [0.5, 0.6) is 0 Å². The van der Waals surface area contributed by atoms with Gasteiger partial charge in [0.2, 0.25) is 0 Å². The summed E-state index contributed by atoms with van der Waals surface area (Å²) >= 11 is 0. The van der Waals surface area contributed by atoms with E-state index >= 15 is 0 Å². The molecule has 1 N–H and O–H groups in total. The second-order valence-electron chi connectivity index (χ2n) is 3.21. The van der Waals surface area contributed by atoms with E-state index in [0.29, 0.717) is 0 Å². The molecule has 0 radical (unpaired) electrons. The Bertz CT molecular complexity index is 182. The summed E-state index contributed by atoms with van der Waals surface area (Å²) in [5, 5.41) is 8.72. The van der Waals surface area contributed by atoms with Gasteiger partial charge in [-0.3, -0.25) is 4.79 Å². The van der Waals surface area contributed by atoms with E-state index in [-0.39, 0.29) is 5.92 Å². The van der Waals surface area contributed by atoms with Crippen LogP contribution in [-0.4, -0.2) is 11.1 Å². The Hall–Kier alpha value is -0.790. The van der Waals surface area contributed by atoms with Crippen molar-refractivity contribution < 1.29 is 9.90 Å². The minimum Gasteiger partial charge on any atom is -0.481 e. The maximum Gasteiger partial charge on any atom is 0.306 e. The predicted molar refractivity (Wildman–Crippen MR) is 43.4 cm³/mol. The van der Waals surface area contributed by atoms with Crippen molar-refractivity contribution in [2.75, 3.05) is 0 Å². The Morgan fingerprint density at radius 1 is 1.73 bits per heavy atom. The topological polar surface area (TPSA) is 37.3 Å². The lowest BCUT2D eigenvalue weighted by molar-refractivity contribution is -0.141. The molecule has 0 aromatic carbocycles. The molecule has 0 aromatic heterocycles. The molecule has 2 nitrogen and oxygen atoms in total. The van der Waals surface area contributed by atoms with Crippen molar-refractivity contribution in [1.82, 2.24) is 0 Å². The van der Waals surface area contributed by atoms with Gasteiger partial charge in [-0.05, 0) is 32.6 Å². The average molecular weight is 154 g/mol. The molecule has 62 valence electrons. The van der Waals surface area contributed by atoms with Crippen molar-refractivity contribution in [3.05, 3.63) is 11.6 Å². The lowest BCUT2D eigenvalue weighted by atomic mass is 10.0. The molecule has 0 aliphatic heterocycles. The first-order valence-electron chi connectivity index (χ1n) is 4.08. The average Bonchev–Trinajstić information content (AvgIpc) is 2.13. The van der Waals surface area contributed by atoms with Crippen LogP contribution in [0.1, 0.15) is 32.6 Å². The van der Waals surface area contributed by atoms with Crippen LogP contribution in [0.25, 0.3) is 0 Å². The highest BCUT2D eigenvalue weighted by Crippen LogP contribution is 2.21. The Labute approximate surface area is 66.9 Å². The van der Waals surface area contributed by atoms with Crippen LogP contribution >= 0.6 is 0 Å². The number of hydrogen-bond acceptors (Lipinski definition) is 1. The summed E-state index contributed by atoms with van der Waals surface area (Å²) < 4.78 is 0. The molecule has 0 spiro atoms. The van der Waals surface area contributed by atoms with E-state index in [4.69, 9.17) is 5.11 Å². The Kier molecular flexibility index (Phi) is 2.69. The fourth-order valence-corrected chi connectivity index (χ4v) is 1.41. The Morgan fingerprint density at radius 2 is 2.45 bits per heavy atom. The number of carboxylic acid groups (broad SMARTS) is 1. The van der Waals surface area contributed by atoms with E-state index in [0.717, 1.165) is 25.7 Å². The molecule has 0 bridgehead atoms. The van der Waals surface area contributed by atoms with Crippen molar-refractivity contribution in [2.24, 2.45) is 5.92 Å². The zero-order valence-electron chi connectivity index (χ0n) is 6.84. The molecular formula is C9H14O2. The van der Waals surface area contributed by atoms with E-state index in [1.165, 1.54) is 5.57 Å². The van der Waals surface area contributed by atoms with Crippen molar-refractivity contribution in [1.29, 1.82) is 0 Å². The quantitative estimate of drug-likeness (QED) is 0.588. The highest BCUT2D eigenvalue weighted by Gasteiger charge is 2.17. The van der Waals surface area contributed by atoms with Crippen LogP contribution in [-0.2, 0) is 4.79 Å². The molecule has 1 aliphatic carbocycles. The molecule has 0 saturated heterocycles. The predicted octanol–water partition coefficient (Wildman–Crippen LogP) is 2.21. The van der Waals surface area contributed by atoms with Gasteiger partial charge in [-0.25, -0.2) is 0 Å². The van der Waals surface area contributed by atoms with Gasteiger partial charge in [0, 0.05) is 0 Å². The molecule has 2 heteroatoms. The summed E-state index contributed by atoms with van der Waals surface area (Å²) in [5.41, 5.74) is 1.34. The van der Waals surface area contributed by atoms with E-state index < -0.39 is 5.97 Å². The fourth-order valence-electron chi connectivity index (χ4n) is 1.41. The van der Waals surface area contributed by atoms with Crippen molar-refractivity contribution in [3.8, 4) is 0 Å². The summed E-state index contributed by atoms with van der Waals surface area (Å²) in [5.74, 6) is -0.775. The van der Waals surface area contributed by atoms with E-state index in [2.05, 4.69) is 13.0 Å². The minimum atomic E-state index is -0.643. The maximum absolute atomic E-state index is 10.6. The molecule has 1 aliphatic rings. The van der Waals surface area contributed by atoms with Gasteiger partial charge in [0.25, 0.3) is 0 Å². The van der Waals surface area contributed by atoms with Gasteiger partial charge in [-0.15, -0.1) is 0 Å². The third-order valence-corrected chi connectivity index (χ3v) is 2.22. The highest BCUT2D eigenvalue weighted by atomic mass is 16.4. The molecule has 1 rings (SSSR count). The van der Waals surface area contributed by atoms with Crippen LogP contribution in [0.2, 0.25) is 0 Å². The lowest BCUT2D eigenvalue weighted by Crippen LogP contribution is -2.11. The van der Waals surface area contributed by atoms with Crippen molar-refractivity contribution in [2.45, 2.75) is 32.6 Å². The van der Waals surface area contributed by atoms with Gasteiger partial charge >= 0.3 is 5.97 Å². The highest BCUT2D eigenvalue weighted by molar-refractivity contribution is 5.70. The van der Waals surface area contributed by atoms with Crippen molar-refractivity contribution in [3.63, 3.8) is 0 Å². The first-order chi connectivity index (χ1) is 5.20. The van der Waals surface area contributed by atoms with Gasteiger partial charge in [0.1, 0.15) is 0 Å². The smallest absolute Gasteiger partial charge is 0.306 e. The monoisotopic (exact) mass is 154 g/mol. The van der Waals surface area contributed by atoms with E-state index in [1.807, 2.05) is 0 Å². The molecular weight excluding hydrogens is 140 g/mol. The Balaban J connectivity index is 2.53.